The van der Waals surface area contributed by atoms with Crippen LogP contribution in [0.5, 0.6) is 0 Å². The van der Waals surface area contributed by atoms with Gasteiger partial charge in [0.05, 0.1) is 28.7 Å². The Balaban J connectivity index is 0.762. The maximum absolute atomic E-state index is 5.31. The summed E-state index contributed by atoms with van der Waals surface area (Å²) in [7, 11) is 0. The Morgan fingerprint density at radius 2 is 1.33 bits per heavy atom. The molecule has 1 aliphatic heterocycles. The van der Waals surface area contributed by atoms with Crippen LogP contribution in [0.3, 0.4) is 0 Å². The van der Waals surface area contributed by atoms with Crippen LogP contribution in [-0.4, -0.2) is 19.8 Å². The van der Waals surface area contributed by atoms with Crippen LogP contribution in [0.15, 0.2) is 211 Å². The molecule has 0 saturated heterocycles. The number of dihydropyridines is 1. The van der Waals surface area contributed by atoms with Crippen LogP contribution in [0.1, 0.15) is 104 Å². The van der Waals surface area contributed by atoms with Crippen LogP contribution in [0.25, 0.3) is 84.0 Å². The average Bonchev–Trinajstić information content (AvgIpc) is 4.12. The van der Waals surface area contributed by atoms with Crippen molar-refractivity contribution < 1.29 is 0 Å². The highest BCUT2D eigenvalue weighted by molar-refractivity contribution is 6.13. The summed E-state index contributed by atoms with van der Waals surface area (Å²) in [5.41, 5.74) is 21.2. The molecule has 4 atom stereocenters. The number of pyridine rings is 1. The van der Waals surface area contributed by atoms with Crippen molar-refractivity contribution >= 4 is 72.9 Å². The van der Waals surface area contributed by atoms with Crippen molar-refractivity contribution in [1.29, 1.82) is 0 Å². The van der Waals surface area contributed by atoms with Crippen LogP contribution in [-0.2, 0) is 0 Å². The Kier molecular flexibility index (Phi) is 10.7. The largest absolute Gasteiger partial charge is 0.337 e. The maximum Gasteiger partial charge on any atom is 0.0796 e. The van der Waals surface area contributed by atoms with Crippen molar-refractivity contribution in [3.05, 3.63) is 251 Å². The van der Waals surface area contributed by atoms with E-state index in [1.807, 2.05) is 0 Å². The number of hydrogen-bond donors (Lipinski definition) is 0. The van der Waals surface area contributed by atoms with Gasteiger partial charge in [-0.15, -0.1) is 0 Å². The molecule has 9 aromatic rings. The van der Waals surface area contributed by atoms with Gasteiger partial charge < -0.3 is 9.13 Å². The van der Waals surface area contributed by atoms with E-state index in [-0.39, 0.29) is 6.04 Å². The minimum Gasteiger partial charge on any atom is -0.337 e. The summed E-state index contributed by atoms with van der Waals surface area (Å²) in [5, 5.41) is 6.59. The number of hydrogen-bond acceptors (Lipinski definition) is 2. The van der Waals surface area contributed by atoms with Crippen molar-refractivity contribution in [2.75, 3.05) is 0 Å². The first kappa shape index (κ1) is 44.2. The molecular formula is C71H58N4. The third-order valence-electron chi connectivity index (χ3n) is 17.1. The number of allylic oxidation sites excluding steroid dienone is 11. The summed E-state index contributed by atoms with van der Waals surface area (Å²) in [6.45, 7) is 0. The van der Waals surface area contributed by atoms with Crippen molar-refractivity contribution in [3.8, 4) is 16.8 Å². The number of rotatable bonds is 9. The van der Waals surface area contributed by atoms with E-state index in [4.69, 9.17) is 9.98 Å². The Bertz CT molecular complexity index is 4170. The van der Waals surface area contributed by atoms with Crippen LogP contribution in [0.4, 0.5) is 0 Å². The molecule has 3 aromatic heterocycles. The molecule has 4 heteroatoms. The summed E-state index contributed by atoms with van der Waals surface area (Å²) in [6, 6.07) is 59.3. The lowest BCUT2D eigenvalue weighted by Crippen LogP contribution is -2.30. The van der Waals surface area contributed by atoms with Crippen LogP contribution in [0, 0.1) is 11.8 Å². The van der Waals surface area contributed by atoms with Gasteiger partial charge in [-0.1, -0.05) is 158 Å². The Hall–Kier alpha value is -8.34. The molecule has 362 valence electrons. The predicted octanol–water partition coefficient (Wildman–Crippen LogP) is 16.3. The Morgan fingerprint density at radius 1 is 0.547 bits per heavy atom. The van der Waals surface area contributed by atoms with Gasteiger partial charge in [-0.3, -0.25) is 4.99 Å². The van der Waals surface area contributed by atoms with E-state index in [0.29, 0.717) is 12.0 Å². The second kappa shape index (κ2) is 18.2. The topological polar surface area (TPSA) is 35.1 Å². The van der Waals surface area contributed by atoms with Crippen LogP contribution >= 0.6 is 0 Å². The number of para-hydroxylation sites is 1. The van der Waals surface area contributed by atoms with E-state index >= 15 is 0 Å². The summed E-state index contributed by atoms with van der Waals surface area (Å²) in [6.07, 6.45) is 33.2. The highest BCUT2D eigenvalue weighted by Gasteiger charge is 2.35. The number of fused-ring (bicyclic) bond motifs is 7. The first-order chi connectivity index (χ1) is 37.1. The molecule has 1 saturated carbocycles. The van der Waals surface area contributed by atoms with Crippen molar-refractivity contribution in [2.24, 2.45) is 16.8 Å². The van der Waals surface area contributed by atoms with Crippen molar-refractivity contribution in [1.82, 2.24) is 14.1 Å². The molecule has 0 amide bonds. The molecule has 1 fully saturated rings. The first-order valence-corrected chi connectivity index (χ1v) is 27.5. The summed E-state index contributed by atoms with van der Waals surface area (Å²) in [4.78, 5) is 10.6. The van der Waals surface area contributed by atoms with Gasteiger partial charge in [-0.05, 0) is 186 Å². The first-order valence-electron chi connectivity index (χ1n) is 27.5. The standard InChI is InChI=1S/C71H58N4/c1-4-15-47(16-5-1)64-42-56(43-67(73-64)54-28-27-51-37-55(51)38-54)46-29-33-58(34-30-46)74-68-25-12-10-23-60(68)62-40-52(31-35-70(62)74)53-32-36-71-63(41-53)61-24-11-13-26-69(61)75(71)59-22-14-21-50(39-59)57-44-65(48-17-6-2-7-18-48)72-66(45-57)49-19-8-3-9-20-49/h1-4,6-10,12,14-15,17-29,31-32,35-36,38-44,51,55,58,66H,5,11,13,16,30,33-34,37,45H2. The zero-order valence-electron chi connectivity index (χ0n) is 42.2. The highest BCUT2D eigenvalue weighted by atomic mass is 15.0. The zero-order chi connectivity index (χ0) is 49.4. The lowest BCUT2D eigenvalue weighted by molar-refractivity contribution is 0.491. The molecule has 4 heterocycles. The van der Waals surface area contributed by atoms with Gasteiger partial charge in [0, 0.05) is 49.5 Å². The fraction of sp³-hybridized carbons (Fsp3) is 0.183. The lowest BCUT2D eigenvalue weighted by atomic mass is 9.88. The Morgan fingerprint density at radius 3 is 2.17 bits per heavy atom. The van der Waals surface area contributed by atoms with Gasteiger partial charge in [0.15, 0.2) is 0 Å². The molecule has 15 rings (SSSR count). The normalized spacial score (nSPS) is 20.8. The fourth-order valence-electron chi connectivity index (χ4n) is 13.1. The highest BCUT2D eigenvalue weighted by Crippen LogP contribution is 2.47. The second-order valence-corrected chi connectivity index (χ2v) is 21.7. The molecule has 4 nitrogen and oxygen atoms in total. The quantitative estimate of drug-likeness (QED) is 0.142. The van der Waals surface area contributed by atoms with Gasteiger partial charge in [-0.25, -0.2) is 4.98 Å². The van der Waals surface area contributed by atoms with Gasteiger partial charge >= 0.3 is 0 Å². The molecule has 0 radical (unpaired) electrons. The number of nitrogens with zero attached hydrogens (tertiary/aromatic N) is 4. The van der Waals surface area contributed by atoms with Crippen molar-refractivity contribution in [3.63, 3.8) is 0 Å². The molecule has 0 spiro atoms. The average molecular weight is 967 g/mol. The van der Waals surface area contributed by atoms with E-state index < -0.39 is 0 Å². The summed E-state index contributed by atoms with van der Waals surface area (Å²) >= 11 is 0. The van der Waals surface area contributed by atoms with Crippen molar-refractivity contribution in [2.45, 2.75) is 69.9 Å². The molecule has 5 aliphatic carbocycles. The van der Waals surface area contributed by atoms with Gasteiger partial charge in [-0.2, -0.15) is 0 Å². The third-order valence-corrected chi connectivity index (χ3v) is 17.1. The van der Waals surface area contributed by atoms with Crippen LogP contribution in [0.2, 0.25) is 0 Å². The summed E-state index contributed by atoms with van der Waals surface area (Å²) in [5.74, 6) is 1.42. The SMILES string of the molecule is C1=CCCC(c2cc(C3=CCC(n4c5ccccc5c5cc(-c6ccc7c(c6)c6c(n7-c7cccc(C8=CC(c9ccccc9)=NC(c9ccccc9)C8)c7)=CCCC=6)ccc54)CC3)cc(C3=CC4CC4C=C3)n2)=C1. The van der Waals surface area contributed by atoms with E-state index in [1.54, 1.807) is 0 Å². The molecule has 0 N–H and O–H groups in total. The number of aliphatic imine (C=N–C) groups is 1. The fourth-order valence-corrected chi connectivity index (χ4v) is 13.1. The second-order valence-electron chi connectivity index (χ2n) is 21.7. The van der Waals surface area contributed by atoms with E-state index in [1.165, 1.54) is 105 Å². The molecular weight excluding hydrogens is 909 g/mol. The number of aromatic nitrogens is 3. The molecule has 6 aliphatic rings. The molecule has 0 bridgehead atoms. The minimum absolute atomic E-state index is 0.0516. The summed E-state index contributed by atoms with van der Waals surface area (Å²) < 4.78 is 5.16. The van der Waals surface area contributed by atoms with E-state index in [0.717, 1.165) is 79.9 Å². The maximum atomic E-state index is 5.31. The zero-order valence-corrected chi connectivity index (χ0v) is 42.2. The van der Waals surface area contributed by atoms with Gasteiger partial charge in [0.2, 0.25) is 0 Å². The predicted molar refractivity (Wildman–Crippen MR) is 314 cm³/mol. The van der Waals surface area contributed by atoms with E-state index in [2.05, 4.69) is 228 Å². The molecule has 75 heavy (non-hydrogen) atoms. The van der Waals surface area contributed by atoms with E-state index in [9.17, 15) is 0 Å². The number of benzene rings is 6. The van der Waals surface area contributed by atoms with Crippen LogP contribution < -0.4 is 10.6 Å². The Labute approximate surface area is 438 Å². The smallest absolute Gasteiger partial charge is 0.0796 e. The lowest BCUT2D eigenvalue weighted by Gasteiger charge is -2.26. The minimum atomic E-state index is 0.0516. The van der Waals surface area contributed by atoms with Gasteiger partial charge in [0.1, 0.15) is 0 Å². The molecule has 6 aromatic carbocycles. The monoisotopic (exact) mass is 966 g/mol. The third kappa shape index (κ3) is 7.98. The molecule has 4 unspecified atom stereocenters. The van der Waals surface area contributed by atoms with Gasteiger partial charge in [0.25, 0.3) is 0 Å².